The van der Waals surface area contributed by atoms with E-state index >= 15 is 0 Å². The summed E-state index contributed by atoms with van der Waals surface area (Å²) >= 11 is 6.76. The van der Waals surface area contributed by atoms with E-state index in [0.29, 0.717) is 5.03 Å². The lowest BCUT2D eigenvalue weighted by Crippen LogP contribution is -1.87. The van der Waals surface area contributed by atoms with Gasteiger partial charge in [0.05, 0.1) is 5.02 Å². The van der Waals surface area contributed by atoms with Gasteiger partial charge in [0.25, 0.3) is 0 Å². The van der Waals surface area contributed by atoms with E-state index in [0.717, 1.165) is 0 Å². The van der Waals surface area contributed by atoms with Gasteiger partial charge in [-0.2, -0.15) is 0 Å². The number of rotatable bonds is 2. The van der Waals surface area contributed by atoms with Crippen molar-refractivity contribution in [3.63, 3.8) is 0 Å². The summed E-state index contributed by atoms with van der Waals surface area (Å²) in [5.41, 5.74) is 0. The van der Waals surface area contributed by atoms with Crippen LogP contribution in [-0.2, 0) is 0 Å². The van der Waals surface area contributed by atoms with E-state index in [1.807, 2.05) is 6.07 Å². The van der Waals surface area contributed by atoms with Gasteiger partial charge in [0.1, 0.15) is 10.1 Å². The molecule has 0 radical (unpaired) electrons. The zero-order valence-electron chi connectivity index (χ0n) is 7.52. The molecular formula is C10H6ClFN2S. The quantitative estimate of drug-likeness (QED) is 0.805. The van der Waals surface area contributed by atoms with Gasteiger partial charge in [-0.3, -0.25) is 0 Å². The van der Waals surface area contributed by atoms with Gasteiger partial charge < -0.3 is 0 Å². The molecule has 2 aromatic rings. The third-order valence-electron chi connectivity index (χ3n) is 1.61. The van der Waals surface area contributed by atoms with Crippen molar-refractivity contribution >= 4 is 23.4 Å². The first-order valence-corrected chi connectivity index (χ1v) is 5.35. The van der Waals surface area contributed by atoms with E-state index in [-0.39, 0.29) is 10.0 Å². The van der Waals surface area contributed by atoms with Crippen LogP contribution in [0.4, 0.5) is 4.39 Å². The predicted molar refractivity (Wildman–Crippen MR) is 57.6 cm³/mol. The fourth-order valence-corrected chi connectivity index (χ4v) is 1.85. The topological polar surface area (TPSA) is 25.8 Å². The predicted octanol–water partition coefficient (Wildman–Crippen LogP) is 3.42. The Labute approximate surface area is 95.5 Å². The number of nitrogens with zero attached hydrogens (tertiary/aromatic N) is 2. The van der Waals surface area contributed by atoms with E-state index in [9.17, 15) is 4.39 Å². The number of halogens is 2. The van der Waals surface area contributed by atoms with Crippen molar-refractivity contribution in [2.24, 2.45) is 0 Å². The van der Waals surface area contributed by atoms with Gasteiger partial charge >= 0.3 is 0 Å². The lowest BCUT2D eigenvalue weighted by Gasteiger charge is -2.00. The molecule has 15 heavy (non-hydrogen) atoms. The standard InChI is InChI=1S/C10H6ClFN2S/c11-7-5-8(12)10(14-6-7)15-9-3-1-2-4-13-9/h1-6H. The Kier molecular flexibility index (Phi) is 3.18. The summed E-state index contributed by atoms with van der Waals surface area (Å²) in [5, 5.41) is 1.27. The Morgan fingerprint density at radius 1 is 1.27 bits per heavy atom. The second-order valence-electron chi connectivity index (χ2n) is 2.71. The monoisotopic (exact) mass is 240 g/mol. The van der Waals surface area contributed by atoms with Crippen molar-refractivity contribution in [1.82, 2.24) is 9.97 Å². The molecular weight excluding hydrogens is 235 g/mol. The maximum atomic E-state index is 13.3. The van der Waals surface area contributed by atoms with Gasteiger partial charge in [-0.15, -0.1) is 0 Å². The van der Waals surface area contributed by atoms with Crippen molar-refractivity contribution in [2.75, 3.05) is 0 Å². The summed E-state index contributed by atoms with van der Waals surface area (Å²) in [6.45, 7) is 0. The maximum absolute atomic E-state index is 13.3. The van der Waals surface area contributed by atoms with Gasteiger partial charge in [-0.1, -0.05) is 17.7 Å². The summed E-state index contributed by atoms with van der Waals surface area (Å²) in [6, 6.07) is 6.67. The zero-order valence-corrected chi connectivity index (χ0v) is 9.10. The van der Waals surface area contributed by atoms with E-state index in [1.165, 1.54) is 24.0 Å². The molecule has 0 aliphatic heterocycles. The molecule has 0 aliphatic carbocycles. The third kappa shape index (κ3) is 2.67. The van der Waals surface area contributed by atoms with Gasteiger partial charge in [0, 0.05) is 12.4 Å². The average Bonchev–Trinajstić information content (AvgIpc) is 2.24. The van der Waals surface area contributed by atoms with Crippen LogP contribution >= 0.6 is 23.4 Å². The van der Waals surface area contributed by atoms with Crippen molar-refractivity contribution in [3.8, 4) is 0 Å². The van der Waals surface area contributed by atoms with Gasteiger partial charge in [-0.25, -0.2) is 14.4 Å². The van der Waals surface area contributed by atoms with Crippen molar-refractivity contribution in [3.05, 3.63) is 47.5 Å². The van der Waals surface area contributed by atoms with Crippen molar-refractivity contribution in [2.45, 2.75) is 10.1 Å². The fourth-order valence-electron chi connectivity index (χ4n) is 0.984. The van der Waals surface area contributed by atoms with Gasteiger partial charge in [0.2, 0.25) is 0 Å². The van der Waals surface area contributed by atoms with E-state index in [2.05, 4.69) is 9.97 Å². The smallest absolute Gasteiger partial charge is 0.157 e. The molecule has 0 spiro atoms. The van der Waals surface area contributed by atoms with E-state index in [1.54, 1.807) is 18.3 Å². The molecule has 0 amide bonds. The molecule has 2 heterocycles. The van der Waals surface area contributed by atoms with E-state index in [4.69, 9.17) is 11.6 Å². The molecule has 5 heteroatoms. The highest BCUT2D eigenvalue weighted by Crippen LogP contribution is 2.27. The van der Waals surface area contributed by atoms with Crippen LogP contribution in [0.5, 0.6) is 0 Å². The molecule has 0 saturated carbocycles. The molecule has 0 fully saturated rings. The Morgan fingerprint density at radius 2 is 2.13 bits per heavy atom. The Bertz CT molecular complexity index is 464. The molecule has 76 valence electrons. The second-order valence-corrected chi connectivity index (χ2v) is 4.16. The molecule has 0 bridgehead atoms. The fraction of sp³-hybridized carbons (Fsp3) is 0. The molecule has 0 saturated heterocycles. The molecule has 2 nitrogen and oxygen atoms in total. The second kappa shape index (κ2) is 4.59. The minimum Gasteiger partial charge on any atom is -0.250 e. The van der Waals surface area contributed by atoms with Crippen LogP contribution in [0.2, 0.25) is 5.02 Å². The summed E-state index contributed by atoms with van der Waals surface area (Å²) in [6.07, 6.45) is 3.06. The van der Waals surface area contributed by atoms with Crippen LogP contribution in [0, 0.1) is 5.82 Å². The van der Waals surface area contributed by atoms with Crippen LogP contribution in [0.25, 0.3) is 0 Å². The largest absolute Gasteiger partial charge is 0.250 e. The zero-order chi connectivity index (χ0) is 10.7. The summed E-state index contributed by atoms with van der Waals surface area (Å²) in [4.78, 5) is 7.95. The maximum Gasteiger partial charge on any atom is 0.157 e. The summed E-state index contributed by atoms with van der Waals surface area (Å²) in [5.74, 6) is -0.432. The Morgan fingerprint density at radius 3 is 2.80 bits per heavy atom. The highest BCUT2D eigenvalue weighted by atomic mass is 35.5. The van der Waals surface area contributed by atoms with Gasteiger partial charge in [0.15, 0.2) is 5.82 Å². The Hall–Kier alpha value is -1.13. The molecule has 0 unspecified atom stereocenters. The lowest BCUT2D eigenvalue weighted by molar-refractivity contribution is 0.588. The molecule has 0 aliphatic rings. The van der Waals surface area contributed by atoms with Crippen LogP contribution in [0.1, 0.15) is 0 Å². The normalized spacial score (nSPS) is 10.3. The van der Waals surface area contributed by atoms with Crippen LogP contribution in [0.15, 0.2) is 46.7 Å². The Balaban J connectivity index is 2.25. The highest BCUT2D eigenvalue weighted by molar-refractivity contribution is 7.99. The summed E-state index contributed by atoms with van der Waals surface area (Å²) in [7, 11) is 0. The van der Waals surface area contributed by atoms with Crippen LogP contribution in [0.3, 0.4) is 0 Å². The average molecular weight is 241 g/mol. The lowest BCUT2D eigenvalue weighted by atomic mass is 10.5. The number of aromatic nitrogens is 2. The van der Waals surface area contributed by atoms with Crippen LogP contribution < -0.4 is 0 Å². The highest BCUT2D eigenvalue weighted by Gasteiger charge is 2.06. The molecule has 0 atom stereocenters. The SMILES string of the molecule is Fc1cc(Cl)cnc1Sc1ccccn1. The van der Waals surface area contributed by atoms with Crippen LogP contribution in [-0.4, -0.2) is 9.97 Å². The molecule has 0 N–H and O–H groups in total. The first kappa shape index (κ1) is 10.4. The van der Waals surface area contributed by atoms with Crippen molar-refractivity contribution < 1.29 is 4.39 Å². The first-order chi connectivity index (χ1) is 7.25. The number of pyridine rings is 2. The molecule has 0 aromatic carbocycles. The minimum absolute atomic E-state index is 0.276. The molecule has 2 rings (SSSR count). The van der Waals surface area contributed by atoms with E-state index < -0.39 is 5.82 Å². The summed E-state index contributed by atoms with van der Waals surface area (Å²) < 4.78 is 13.3. The first-order valence-electron chi connectivity index (χ1n) is 4.15. The van der Waals surface area contributed by atoms with Gasteiger partial charge in [-0.05, 0) is 30.0 Å². The minimum atomic E-state index is -0.432. The van der Waals surface area contributed by atoms with Crippen molar-refractivity contribution in [1.29, 1.82) is 0 Å². The molecule has 2 aromatic heterocycles. The third-order valence-corrected chi connectivity index (χ3v) is 2.76. The number of hydrogen-bond acceptors (Lipinski definition) is 3. The number of hydrogen-bond donors (Lipinski definition) is 0.